The van der Waals surface area contributed by atoms with Gasteiger partial charge in [0.25, 0.3) is 0 Å². The largest absolute Gasteiger partial charge is 0.453 e. The predicted octanol–water partition coefficient (Wildman–Crippen LogP) is 2.70. The summed E-state index contributed by atoms with van der Waals surface area (Å²) in [7, 11) is 0. The standard InChI is InChI=1S/C17H21N3O2/c1-12(21)16-10-14-15(22-16)5-6-18-17(14)20-9-8-19-7-3-2-4-13(19)11-20/h5-6,10,13H,2-4,7-9,11H2,1H3. The molecule has 4 heterocycles. The minimum atomic E-state index is -0.0424. The molecule has 1 atom stereocenters. The first-order chi connectivity index (χ1) is 10.7. The van der Waals surface area contributed by atoms with Crippen molar-refractivity contribution in [1.29, 1.82) is 0 Å². The second-order valence-corrected chi connectivity index (χ2v) is 6.34. The number of nitrogens with zero attached hydrogens (tertiary/aromatic N) is 3. The van der Waals surface area contributed by atoms with Crippen LogP contribution in [0.2, 0.25) is 0 Å². The number of aromatic nitrogens is 1. The van der Waals surface area contributed by atoms with Crippen LogP contribution in [0.5, 0.6) is 0 Å². The summed E-state index contributed by atoms with van der Waals surface area (Å²) in [6.45, 7) is 5.87. The van der Waals surface area contributed by atoms with E-state index in [-0.39, 0.29) is 5.78 Å². The van der Waals surface area contributed by atoms with Gasteiger partial charge in [-0.3, -0.25) is 9.69 Å². The first-order valence-electron chi connectivity index (χ1n) is 8.11. The van der Waals surface area contributed by atoms with Crippen LogP contribution in [-0.2, 0) is 0 Å². The van der Waals surface area contributed by atoms with E-state index in [2.05, 4.69) is 14.8 Å². The number of furan rings is 1. The summed E-state index contributed by atoms with van der Waals surface area (Å²) in [5.74, 6) is 1.33. The van der Waals surface area contributed by atoms with Crippen molar-refractivity contribution in [2.24, 2.45) is 0 Å². The molecule has 2 aliphatic rings. The number of carbonyl (C=O) groups is 1. The lowest BCUT2D eigenvalue weighted by molar-refractivity contribution is 0.0989. The summed E-state index contributed by atoms with van der Waals surface area (Å²) in [5, 5.41) is 0.956. The van der Waals surface area contributed by atoms with E-state index in [9.17, 15) is 4.79 Å². The Kier molecular flexibility index (Phi) is 3.37. The molecular weight excluding hydrogens is 278 g/mol. The fraction of sp³-hybridized carbons (Fsp3) is 0.529. The monoisotopic (exact) mass is 299 g/mol. The molecule has 22 heavy (non-hydrogen) atoms. The van der Waals surface area contributed by atoms with Crippen LogP contribution in [0.25, 0.3) is 11.0 Å². The highest BCUT2D eigenvalue weighted by Gasteiger charge is 2.30. The Labute approximate surface area is 129 Å². The summed E-state index contributed by atoms with van der Waals surface area (Å²) >= 11 is 0. The van der Waals surface area contributed by atoms with Gasteiger partial charge in [0, 0.05) is 38.8 Å². The maximum Gasteiger partial charge on any atom is 0.194 e. The molecule has 2 aromatic rings. The normalized spacial score (nSPS) is 22.8. The Bertz CT molecular complexity index is 709. The molecule has 2 aliphatic heterocycles. The zero-order valence-corrected chi connectivity index (χ0v) is 12.9. The van der Waals surface area contributed by atoms with Crippen LogP contribution in [0.4, 0.5) is 5.82 Å². The van der Waals surface area contributed by atoms with Crippen molar-refractivity contribution < 1.29 is 9.21 Å². The van der Waals surface area contributed by atoms with E-state index in [0.29, 0.717) is 11.8 Å². The van der Waals surface area contributed by atoms with Gasteiger partial charge in [0.15, 0.2) is 11.5 Å². The van der Waals surface area contributed by atoms with Gasteiger partial charge in [0.2, 0.25) is 0 Å². The number of Topliss-reactive ketones (excluding diaryl/α,β-unsaturated/α-hetero) is 1. The Morgan fingerprint density at radius 3 is 3.09 bits per heavy atom. The zero-order valence-electron chi connectivity index (χ0n) is 12.9. The van der Waals surface area contributed by atoms with Crippen LogP contribution in [-0.4, -0.2) is 47.9 Å². The maximum absolute atomic E-state index is 11.6. The average Bonchev–Trinajstić information content (AvgIpc) is 2.99. The molecule has 0 bridgehead atoms. The fourth-order valence-corrected chi connectivity index (χ4v) is 3.72. The zero-order chi connectivity index (χ0) is 15.1. The third-order valence-electron chi connectivity index (χ3n) is 4.91. The summed E-state index contributed by atoms with van der Waals surface area (Å²) < 4.78 is 5.64. The molecule has 2 aromatic heterocycles. The van der Waals surface area contributed by atoms with Gasteiger partial charge in [0.05, 0.1) is 5.39 Å². The molecule has 0 aromatic carbocycles. The highest BCUT2D eigenvalue weighted by molar-refractivity contribution is 5.99. The van der Waals surface area contributed by atoms with Gasteiger partial charge < -0.3 is 9.32 Å². The number of carbonyl (C=O) groups excluding carboxylic acids is 1. The van der Waals surface area contributed by atoms with Crippen LogP contribution in [0.3, 0.4) is 0 Å². The van der Waals surface area contributed by atoms with Gasteiger partial charge in [-0.15, -0.1) is 0 Å². The summed E-state index contributed by atoms with van der Waals surface area (Å²) in [5.41, 5.74) is 0.751. The van der Waals surface area contributed by atoms with Crippen molar-refractivity contribution in [1.82, 2.24) is 9.88 Å². The highest BCUT2D eigenvalue weighted by atomic mass is 16.3. The topological polar surface area (TPSA) is 49.6 Å². The van der Waals surface area contributed by atoms with Crippen LogP contribution < -0.4 is 4.90 Å². The molecule has 116 valence electrons. The minimum Gasteiger partial charge on any atom is -0.453 e. The van der Waals surface area contributed by atoms with Crippen molar-refractivity contribution >= 4 is 22.6 Å². The minimum absolute atomic E-state index is 0.0424. The van der Waals surface area contributed by atoms with Crippen LogP contribution in [0.1, 0.15) is 36.7 Å². The van der Waals surface area contributed by atoms with Crippen molar-refractivity contribution in [3.05, 3.63) is 24.1 Å². The number of hydrogen-bond donors (Lipinski definition) is 0. The number of piperidine rings is 1. The summed E-state index contributed by atoms with van der Waals surface area (Å²) in [4.78, 5) is 21.1. The van der Waals surface area contributed by atoms with Crippen LogP contribution in [0, 0.1) is 0 Å². The van der Waals surface area contributed by atoms with Crippen LogP contribution >= 0.6 is 0 Å². The molecule has 0 saturated carbocycles. The lowest BCUT2D eigenvalue weighted by atomic mass is 9.99. The Balaban J connectivity index is 1.67. The smallest absolute Gasteiger partial charge is 0.194 e. The molecule has 5 heteroatoms. The Hall–Kier alpha value is -1.88. The SMILES string of the molecule is CC(=O)c1cc2c(N3CCN4CCCCC4C3)nccc2o1. The van der Waals surface area contributed by atoms with Crippen LogP contribution in [0.15, 0.2) is 22.7 Å². The highest BCUT2D eigenvalue weighted by Crippen LogP contribution is 2.30. The predicted molar refractivity (Wildman–Crippen MR) is 85.4 cm³/mol. The Morgan fingerprint density at radius 1 is 1.32 bits per heavy atom. The summed E-state index contributed by atoms with van der Waals surface area (Å²) in [6.07, 6.45) is 5.70. The number of pyridine rings is 1. The van der Waals surface area contributed by atoms with E-state index >= 15 is 0 Å². The summed E-state index contributed by atoms with van der Waals surface area (Å²) in [6, 6.07) is 4.31. The van der Waals surface area contributed by atoms with E-state index in [4.69, 9.17) is 4.42 Å². The lowest BCUT2D eigenvalue weighted by Crippen LogP contribution is -2.55. The van der Waals surface area contributed by atoms with Gasteiger partial charge in [-0.05, 0) is 31.5 Å². The van der Waals surface area contributed by atoms with Gasteiger partial charge >= 0.3 is 0 Å². The quantitative estimate of drug-likeness (QED) is 0.798. The van der Waals surface area contributed by atoms with E-state index in [1.807, 2.05) is 12.1 Å². The van der Waals surface area contributed by atoms with Crippen molar-refractivity contribution in [2.75, 3.05) is 31.1 Å². The third-order valence-corrected chi connectivity index (χ3v) is 4.91. The van der Waals surface area contributed by atoms with Crippen molar-refractivity contribution in [2.45, 2.75) is 32.2 Å². The van der Waals surface area contributed by atoms with Gasteiger partial charge in [-0.25, -0.2) is 4.98 Å². The number of piperazine rings is 1. The molecule has 4 rings (SSSR count). The molecular formula is C17H21N3O2. The average molecular weight is 299 g/mol. The van der Waals surface area contributed by atoms with E-state index in [1.54, 1.807) is 6.20 Å². The molecule has 0 N–H and O–H groups in total. The first kappa shape index (κ1) is 13.8. The maximum atomic E-state index is 11.6. The number of fused-ring (bicyclic) bond motifs is 2. The van der Waals surface area contributed by atoms with Crippen molar-refractivity contribution in [3.63, 3.8) is 0 Å². The number of ketones is 1. The molecule has 0 radical (unpaired) electrons. The van der Waals surface area contributed by atoms with Crippen molar-refractivity contribution in [3.8, 4) is 0 Å². The number of anilines is 1. The molecule has 2 saturated heterocycles. The Morgan fingerprint density at radius 2 is 2.23 bits per heavy atom. The number of hydrogen-bond acceptors (Lipinski definition) is 5. The first-order valence-corrected chi connectivity index (χ1v) is 8.11. The second-order valence-electron chi connectivity index (χ2n) is 6.34. The lowest BCUT2D eigenvalue weighted by Gasteiger charge is -2.44. The van der Waals surface area contributed by atoms with E-state index < -0.39 is 0 Å². The van der Waals surface area contributed by atoms with E-state index in [0.717, 1.165) is 36.4 Å². The van der Waals surface area contributed by atoms with Gasteiger partial charge in [-0.1, -0.05) is 6.42 Å². The second kappa shape index (κ2) is 5.39. The molecule has 5 nitrogen and oxygen atoms in total. The molecule has 0 amide bonds. The van der Waals surface area contributed by atoms with Gasteiger partial charge in [0.1, 0.15) is 11.4 Å². The molecule has 1 unspecified atom stereocenters. The fourth-order valence-electron chi connectivity index (χ4n) is 3.72. The third kappa shape index (κ3) is 2.29. The number of rotatable bonds is 2. The molecule has 0 spiro atoms. The molecule has 0 aliphatic carbocycles. The molecule has 2 fully saturated rings. The van der Waals surface area contributed by atoms with E-state index in [1.165, 1.54) is 32.7 Å². The van der Waals surface area contributed by atoms with Gasteiger partial charge in [-0.2, -0.15) is 0 Å².